The molecule has 2 aliphatic rings. The van der Waals surface area contributed by atoms with E-state index in [9.17, 15) is 4.79 Å². The zero-order valence-corrected chi connectivity index (χ0v) is 19.0. The van der Waals surface area contributed by atoms with Crippen molar-refractivity contribution in [2.75, 3.05) is 49.7 Å². The largest absolute Gasteiger partial charge is 0.454 e. The number of carbonyl (C=O) groups excluding carboxylic acids is 1. The van der Waals surface area contributed by atoms with Crippen LogP contribution in [-0.4, -0.2) is 55.3 Å². The fourth-order valence-electron chi connectivity index (χ4n) is 4.28. The second-order valence-electron chi connectivity index (χ2n) is 8.39. The van der Waals surface area contributed by atoms with Gasteiger partial charge in [0.2, 0.25) is 12.7 Å². The van der Waals surface area contributed by atoms with Crippen LogP contribution in [0.4, 0.5) is 11.5 Å². The van der Waals surface area contributed by atoms with Gasteiger partial charge in [0.1, 0.15) is 5.82 Å². The molecule has 0 bridgehead atoms. The van der Waals surface area contributed by atoms with E-state index >= 15 is 0 Å². The number of likely N-dealkylation sites (N-methyl/N-ethyl adjacent to an activating group) is 1. The minimum Gasteiger partial charge on any atom is -0.454 e. The van der Waals surface area contributed by atoms with Gasteiger partial charge >= 0.3 is 0 Å². The van der Waals surface area contributed by atoms with E-state index in [1.54, 1.807) is 6.08 Å². The lowest BCUT2D eigenvalue weighted by Crippen LogP contribution is -2.46. The Bertz CT molecular complexity index is 1220. The summed E-state index contributed by atoms with van der Waals surface area (Å²) in [7, 11) is 0. The predicted octanol–water partition coefficient (Wildman–Crippen LogP) is 4.07. The maximum absolute atomic E-state index is 12.5. The number of piperazine rings is 1. The molecule has 0 radical (unpaired) electrons. The zero-order valence-electron chi connectivity index (χ0n) is 19.0. The molecule has 7 nitrogen and oxygen atoms in total. The number of hydrogen-bond acceptors (Lipinski definition) is 6. The van der Waals surface area contributed by atoms with Gasteiger partial charge in [-0.05, 0) is 67.1 Å². The highest BCUT2D eigenvalue weighted by molar-refractivity contribution is 6.03. The number of nitrogens with one attached hydrogen (secondary N) is 1. The third-order valence-electron chi connectivity index (χ3n) is 6.24. The van der Waals surface area contributed by atoms with E-state index in [4.69, 9.17) is 14.5 Å². The second-order valence-corrected chi connectivity index (χ2v) is 8.39. The molecule has 3 aromatic rings. The summed E-state index contributed by atoms with van der Waals surface area (Å²) >= 11 is 0. The molecule has 2 aromatic carbocycles. The Morgan fingerprint density at radius 2 is 1.88 bits per heavy atom. The van der Waals surface area contributed by atoms with Gasteiger partial charge in [-0.25, -0.2) is 4.98 Å². The lowest BCUT2D eigenvalue weighted by atomic mass is 10.1. The highest BCUT2D eigenvalue weighted by Gasteiger charge is 2.18. The van der Waals surface area contributed by atoms with Crippen LogP contribution in [0.3, 0.4) is 0 Å². The summed E-state index contributed by atoms with van der Waals surface area (Å²) in [6.07, 6.45) is 3.28. The van der Waals surface area contributed by atoms with E-state index < -0.39 is 0 Å². The van der Waals surface area contributed by atoms with Crippen molar-refractivity contribution in [1.29, 1.82) is 0 Å². The molecule has 170 valence electrons. The molecule has 1 aromatic heterocycles. The van der Waals surface area contributed by atoms with Gasteiger partial charge in [0, 0.05) is 43.3 Å². The van der Waals surface area contributed by atoms with Crippen LogP contribution < -0.4 is 19.7 Å². The van der Waals surface area contributed by atoms with E-state index in [0.29, 0.717) is 5.75 Å². The van der Waals surface area contributed by atoms with Crippen molar-refractivity contribution in [1.82, 2.24) is 9.88 Å². The molecule has 3 heterocycles. The molecule has 0 spiro atoms. The van der Waals surface area contributed by atoms with E-state index in [-0.39, 0.29) is 12.7 Å². The topological polar surface area (TPSA) is 66.9 Å². The number of amides is 1. The van der Waals surface area contributed by atoms with Crippen molar-refractivity contribution in [2.45, 2.75) is 13.8 Å². The predicted molar refractivity (Wildman–Crippen MR) is 131 cm³/mol. The smallest absolute Gasteiger partial charge is 0.248 e. The highest BCUT2D eigenvalue weighted by Crippen LogP contribution is 2.33. The number of pyridine rings is 1. The molecule has 1 amide bonds. The highest BCUT2D eigenvalue weighted by atomic mass is 16.7. The number of nitrogens with zero attached hydrogens (tertiary/aromatic N) is 3. The Kier molecular flexibility index (Phi) is 5.88. The summed E-state index contributed by atoms with van der Waals surface area (Å²) in [4.78, 5) is 22.2. The molecular formula is C26H28N4O3. The number of hydrogen-bond donors (Lipinski definition) is 1. The number of aromatic nitrogens is 1. The van der Waals surface area contributed by atoms with Gasteiger partial charge in [-0.3, -0.25) is 4.79 Å². The minimum absolute atomic E-state index is 0.192. The second kappa shape index (κ2) is 9.11. The fourth-order valence-corrected chi connectivity index (χ4v) is 4.28. The van der Waals surface area contributed by atoms with E-state index in [1.165, 1.54) is 6.08 Å². The summed E-state index contributed by atoms with van der Waals surface area (Å²) in [6.45, 7) is 9.76. The van der Waals surface area contributed by atoms with E-state index in [2.05, 4.69) is 35.0 Å². The summed E-state index contributed by atoms with van der Waals surface area (Å²) < 4.78 is 10.7. The van der Waals surface area contributed by atoms with Crippen molar-refractivity contribution in [2.24, 2.45) is 0 Å². The van der Waals surface area contributed by atoms with Crippen LogP contribution in [-0.2, 0) is 4.79 Å². The van der Waals surface area contributed by atoms with Crippen LogP contribution in [0.5, 0.6) is 11.5 Å². The third kappa shape index (κ3) is 4.64. The summed E-state index contributed by atoms with van der Waals surface area (Å²) in [5.41, 5.74) is 3.72. The maximum atomic E-state index is 12.5. The summed E-state index contributed by atoms with van der Waals surface area (Å²) in [5.74, 6) is 2.26. The first-order valence-corrected chi connectivity index (χ1v) is 11.4. The molecule has 7 heteroatoms. The molecule has 2 aliphatic heterocycles. The quantitative estimate of drug-likeness (QED) is 0.599. The van der Waals surface area contributed by atoms with Gasteiger partial charge in [-0.15, -0.1) is 0 Å². The lowest BCUT2D eigenvalue weighted by molar-refractivity contribution is -0.111. The van der Waals surface area contributed by atoms with Crippen molar-refractivity contribution < 1.29 is 14.3 Å². The lowest BCUT2D eigenvalue weighted by Gasteiger charge is -2.35. The number of aryl methyl sites for hydroxylation is 1. The number of rotatable bonds is 5. The zero-order chi connectivity index (χ0) is 22.8. The average Bonchev–Trinajstić information content (AvgIpc) is 3.31. The van der Waals surface area contributed by atoms with Gasteiger partial charge in [-0.1, -0.05) is 13.0 Å². The van der Waals surface area contributed by atoms with Crippen LogP contribution in [0.25, 0.3) is 17.0 Å². The Labute approximate surface area is 193 Å². The number of ether oxygens (including phenoxy) is 2. The van der Waals surface area contributed by atoms with Crippen molar-refractivity contribution in [3.05, 3.63) is 59.7 Å². The maximum Gasteiger partial charge on any atom is 0.248 e. The molecule has 0 unspecified atom stereocenters. The minimum atomic E-state index is -0.192. The first-order chi connectivity index (χ1) is 16.1. The van der Waals surface area contributed by atoms with Crippen LogP contribution in [0, 0.1) is 6.92 Å². The van der Waals surface area contributed by atoms with Gasteiger partial charge in [0.05, 0.1) is 5.52 Å². The molecule has 5 rings (SSSR count). The summed E-state index contributed by atoms with van der Waals surface area (Å²) in [5, 5.41) is 3.99. The van der Waals surface area contributed by atoms with Crippen LogP contribution in [0.2, 0.25) is 0 Å². The number of anilines is 2. The third-order valence-corrected chi connectivity index (χ3v) is 6.24. The van der Waals surface area contributed by atoms with Crippen molar-refractivity contribution in [3.63, 3.8) is 0 Å². The molecule has 0 atom stereocenters. The van der Waals surface area contributed by atoms with E-state index in [0.717, 1.165) is 72.0 Å². The molecule has 33 heavy (non-hydrogen) atoms. The Morgan fingerprint density at radius 1 is 1.06 bits per heavy atom. The number of fused-ring (bicyclic) bond motifs is 2. The van der Waals surface area contributed by atoms with Gasteiger partial charge < -0.3 is 24.6 Å². The SMILES string of the molecule is CCN1CCN(c2cc(C)c3cc(NC(=O)/C=C/c4ccc5c(c4)OCO5)ccc3n2)CC1. The molecular weight excluding hydrogens is 416 g/mol. The van der Waals surface area contributed by atoms with Crippen molar-refractivity contribution >= 4 is 34.4 Å². The van der Waals surface area contributed by atoms with Crippen molar-refractivity contribution in [3.8, 4) is 11.5 Å². The molecule has 1 fully saturated rings. The Balaban J connectivity index is 1.28. The molecule has 0 saturated carbocycles. The monoisotopic (exact) mass is 444 g/mol. The summed E-state index contributed by atoms with van der Waals surface area (Å²) in [6, 6.07) is 13.6. The first kappa shape index (κ1) is 21.3. The Morgan fingerprint density at radius 3 is 2.70 bits per heavy atom. The number of carbonyl (C=O) groups is 1. The van der Waals surface area contributed by atoms with Crippen LogP contribution in [0.15, 0.2) is 48.5 Å². The normalized spacial score (nSPS) is 16.0. The van der Waals surface area contributed by atoms with Gasteiger partial charge in [0.15, 0.2) is 11.5 Å². The molecule has 0 aliphatic carbocycles. The number of benzene rings is 2. The fraction of sp³-hybridized carbons (Fsp3) is 0.308. The first-order valence-electron chi connectivity index (χ1n) is 11.4. The molecule has 1 N–H and O–H groups in total. The average molecular weight is 445 g/mol. The van der Waals surface area contributed by atoms with Crippen LogP contribution in [0.1, 0.15) is 18.1 Å². The van der Waals surface area contributed by atoms with Gasteiger partial charge in [0.25, 0.3) is 0 Å². The molecule has 1 saturated heterocycles. The van der Waals surface area contributed by atoms with Gasteiger partial charge in [-0.2, -0.15) is 0 Å². The standard InChI is InChI=1S/C26H28N4O3/c1-3-29-10-12-30(13-11-29)25-14-18(2)21-16-20(6-7-22(21)28-25)27-26(31)9-5-19-4-8-23-24(15-19)33-17-32-23/h4-9,14-16H,3,10-13,17H2,1-2H3,(H,27,31)/b9-5+. The van der Waals surface area contributed by atoms with E-state index in [1.807, 2.05) is 36.4 Å². The van der Waals surface area contributed by atoms with Crippen LogP contribution >= 0.6 is 0 Å². The Hall–Kier alpha value is -3.58.